The number of hydrogen-bond acceptors (Lipinski definition) is 2. The van der Waals surface area contributed by atoms with Gasteiger partial charge in [-0.05, 0) is 85.6 Å². The lowest BCUT2D eigenvalue weighted by atomic mass is 9.74. The van der Waals surface area contributed by atoms with Gasteiger partial charge in [-0.1, -0.05) is 18.2 Å². The quantitative estimate of drug-likeness (QED) is 0.555. The summed E-state index contributed by atoms with van der Waals surface area (Å²) < 4.78 is 41.3. The van der Waals surface area contributed by atoms with E-state index in [1.165, 1.54) is 36.4 Å². The number of anilines is 2. The molecule has 2 aliphatic heterocycles. The van der Waals surface area contributed by atoms with E-state index in [-0.39, 0.29) is 23.1 Å². The molecule has 0 radical (unpaired) electrons. The molecule has 33 heavy (non-hydrogen) atoms. The van der Waals surface area contributed by atoms with Gasteiger partial charge in [0.2, 0.25) is 0 Å². The fourth-order valence-electron chi connectivity index (χ4n) is 5.04. The summed E-state index contributed by atoms with van der Waals surface area (Å²) in [5, 5.41) is 2.76. The average Bonchev–Trinajstić information content (AvgIpc) is 3.09. The number of likely N-dealkylation sites (tertiary alicyclic amines) is 1. The summed E-state index contributed by atoms with van der Waals surface area (Å²) in [6.45, 7) is 2.59. The Hall–Kier alpha value is -3.32. The number of hydrogen-bond donors (Lipinski definition) is 1. The summed E-state index contributed by atoms with van der Waals surface area (Å²) in [6.07, 6.45) is 1.50. The maximum Gasteiger partial charge on any atom is 0.326 e. The summed E-state index contributed by atoms with van der Waals surface area (Å²) in [4.78, 5) is 17.0. The molecule has 4 nitrogen and oxygen atoms in total. The van der Waals surface area contributed by atoms with Crippen LogP contribution < -0.4 is 10.2 Å². The van der Waals surface area contributed by atoms with Gasteiger partial charge >= 0.3 is 6.03 Å². The Bertz CT molecular complexity index is 1190. The van der Waals surface area contributed by atoms with E-state index in [9.17, 15) is 18.0 Å². The van der Waals surface area contributed by atoms with E-state index >= 15 is 0 Å². The molecular formula is C26H24F3N3O. The van der Waals surface area contributed by atoms with Gasteiger partial charge in [-0.25, -0.2) is 18.0 Å². The van der Waals surface area contributed by atoms with Crippen molar-refractivity contribution in [3.63, 3.8) is 0 Å². The molecule has 2 aliphatic rings. The molecule has 170 valence electrons. The number of rotatable bonds is 3. The van der Waals surface area contributed by atoms with Crippen molar-refractivity contribution in [1.82, 2.24) is 4.90 Å². The molecule has 0 aliphatic carbocycles. The molecule has 1 N–H and O–H groups in total. The largest absolute Gasteiger partial charge is 0.326 e. The van der Waals surface area contributed by atoms with Crippen molar-refractivity contribution in [2.75, 3.05) is 29.9 Å². The SMILES string of the molecule is O=C(Nc1cccc(F)c1)N1CC2(CCN(Cc3cccc(F)c3)CC2)c2cc(F)ccc21. The predicted octanol–water partition coefficient (Wildman–Crippen LogP) is 5.69. The van der Waals surface area contributed by atoms with Crippen LogP contribution in [0.3, 0.4) is 0 Å². The lowest BCUT2D eigenvalue weighted by molar-refractivity contribution is 0.159. The maximum absolute atomic E-state index is 14.2. The van der Waals surface area contributed by atoms with Crippen LogP contribution in [0.1, 0.15) is 24.0 Å². The van der Waals surface area contributed by atoms with E-state index in [0.29, 0.717) is 24.5 Å². The van der Waals surface area contributed by atoms with Gasteiger partial charge in [-0.3, -0.25) is 9.80 Å². The normalized spacial score (nSPS) is 17.2. The van der Waals surface area contributed by atoms with E-state index in [2.05, 4.69) is 10.2 Å². The fraction of sp³-hybridized carbons (Fsp3) is 0.269. The molecule has 3 aromatic carbocycles. The summed E-state index contributed by atoms with van der Waals surface area (Å²) in [5.74, 6) is -1.01. The van der Waals surface area contributed by atoms with Crippen LogP contribution in [0, 0.1) is 17.5 Å². The van der Waals surface area contributed by atoms with E-state index in [0.717, 1.165) is 37.1 Å². The zero-order chi connectivity index (χ0) is 23.0. The molecule has 1 fully saturated rings. The molecule has 0 bridgehead atoms. The molecule has 0 unspecified atom stereocenters. The Balaban J connectivity index is 1.35. The Morgan fingerprint density at radius 3 is 2.30 bits per heavy atom. The summed E-state index contributed by atoms with van der Waals surface area (Å²) in [5.41, 5.74) is 2.45. The monoisotopic (exact) mass is 451 g/mol. The lowest BCUT2D eigenvalue weighted by Gasteiger charge is -2.40. The highest BCUT2D eigenvalue weighted by Gasteiger charge is 2.46. The number of carbonyl (C=O) groups excluding carboxylic acids is 1. The van der Waals surface area contributed by atoms with Gasteiger partial charge in [0, 0.05) is 29.9 Å². The smallest absolute Gasteiger partial charge is 0.307 e. The van der Waals surface area contributed by atoms with E-state index in [1.54, 1.807) is 29.2 Å². The second-order valence-corrected chi connectivity index (χ2v) is 8.87. The highest BCUT2D eigenvalue weighted by atomic mass is 19.1. The van der Waals surface area contributed by atoms with Crippen LogP contribution in [-0.2, 0) is 12.0 Å². The van der Waals surface area contributed by atoms with E-state index in [4.69, 9.17) is 0 Å². The molecule has 0 aromatic heterocycles. The zero-order valence-corrected chi connectivity index (χ0v) is 18.0. The van der Waals surface area contributed by atoms with Gasteiger partial charge in [-0.15, -0.1) is 0 Å². The number of nitrogens with zero attached hydrogens (tertiary/aromatic N) is 2. The van der Waals surface area contributed by atoms with Crippen molar-refractivity contribution in [2.45, 2.75) is 24.8 Å². The third-order valence-electron chi connectivity index (χ3n) is 6.71. The second kappa shape index (κ2) is 8.56. The van der Waals surface area contributed by atoms with Crippen LogP contribution in [-0.4, -0.2) is 30.6 Å². The molecule has 1 spiro atoms. The van der Waals surface area contributed by atoms with Crippen molar-refractivity contribution in [2.24, 2.45) is 0 Å². The lowest BCUT2D eigenvalue weighted by Crippen LogP contribution is -2.46. The number of urea groups is 1. The number of carbonyl (C=O) groups is 1. The predicted molar refractivity (Wildman–Crippen MR) is 122 cm³/mol. The average molecular weight is 451 g/mol. The van der Waals surface area contributed by atoms with Crippen molar-refractivity contribution < 1.29 is 18.0 Å². The van der Waals surface area contributed by atoms with Gasteiger partial charge in [0.1, 0.15) is 17.5 Å². The van der Waals surface area contributed by atoms with Crippen LogP contribution in [0.4, 0.5) is 29.3 Å². The van der Waals surface area contributed by atoms with Crippen LogP contribution in [0.2, 0.25) is 0 Å². The number of piperidine rings is 1. The first-order chi connectivity index (χ1) is 15.9. The zero-order valence-electron chi connectivity index (χ0n) is 18.0. The van der Waals surface area contributed by atoms with E-state index < -0.39 is 5.82 Å². The Morgan fingerprint density at radius 1 is 0.879 bits per heavy atom. The third kappa shape index (κ3) is 4.33. The number of halogens is 3. The molecule has 2 amide bonds. The number of nitrogens with one attached hydrogen (secondary N) is 1. The summed E-state index contributed by atoms with van der Waals surface area (Å²) >= 11 is 0. The Labute approximate surface area is 190 Å². The number of fused-ring (bicyclic) bond motifs is 2. The standard InChI is InChI=1S/C26H24F3N3O/c27-19-4-1-3-18(13-19)16-31-11-9-26(10-12-31)17-32(24-8-7-21(29)15-23(24)26)25(33)30-22-6-2-5-20(28)14-22/h1-8,13-15H,9-12,16-17H2,(H,30,33). The van der Waals surface area contributed by atoms with Gasteiger partial charge in [0.15, 0.2) is 0 Å². The first kappa shape index (κ1) is 21.5. The second-order valence-electron chi connectivity index (χ2n) is 8.87. The maximum atomic E-state index is 14.2. The topological polar surface area (TPSA) is 35.6 Å². The van der Waals surface area contributed by atoms with Crippen LogP contribution in [0.25, 0.3) is 0 Å². The molecule has 1 saturated heterocycles. The minimum atomic E-state index is -0.432. The van der Waals surface area contributed by atoms with Crippen molar-refractivity contribution >= 4 is 17.4 Å². The Kier molecular flexibility index (Phi) is 5.58. The van der Waals surface area contributed by atoms with Gasteiger partial charge in [0.25, 0.3) is 0 Å². The summed E-state index contributed by atoms with van der Waals surface area (Å²) in [7, 11) is 0. The molecule has 7 heteroatoms. The Morgan fingerprint density at radius 2 is 1.58 bits per heavy atom. The third-order valence-corrected chi connectivity index (χ3v) is 6.71. The molecule has 0 saturated carbocycles. The summed E-state index contributed by atoms with van der Waals surface area (Å²) in [6, 6.07) is 16.5. The van der Waals surface area contributed by atoms with Crippen molar-refractivity contribution in [3.05, 3.63) is 95.3 Å². The van der Waals surface area contributed by atoms with Crippen LogP contribution in [0.15, 0.2) is 66.7 Å². The fourth-order valence-corrected chi connectivity index (χ4v) is 5.04. The van der Waals surface area contributed by atoms with Crippen molar-refractivity contribution in [1.29, 1.82) is 0 Å². The number of benzene rings is 3. The van der Waals surface area contributed by atoms with Gasteiger partial charge < -0.3 is 5.32 Å². The van der Waals surface area contributed by atoms with Crippen LogP contribution in [0.5, 0.6) is 0 Å². The first-order valence-electron chi connectivity index (χ1n) is 11.0. The molecule has 0 atom stereocenters. The molecule has 5 rings (SSSR count). The molecular weight excluding hydrogens is 427 g/mol. The van der Waals surface area contributed by atoms with E-state index in [1.807, 2.05) is 6.07 Å². The van der Waals surface area contributed by atoms with Gasteiger partial charge in [0.05, 0.1) is 0 Å². The first-order valence-corrected chi connectivity index (χ1v) is 11.0. The highest BCUT2D eigenvalue weighted by Crippen LogP contribution is 2.47. The molecule has 2 heterocycles. The number of amides is 2. The van der Waals surface area contributed by atoms with Crippen LogP contribution >= 0.6 is 0 Å². The molecule has 3 aromatic rings. The minimum absolute atomic E-state index is 0.249. The van der Waals surface area contributed by atoms with Gasteiger partial charge in [-0.2, -0.15) is 0 Å². The highest BCUT2D eigenvalue weighted by molar-refractivity contribution is 6.03. The van der Waals surface area contributed by atoms with Crippen molar-refractivity contribution in [3.8, 4) is 0 Å². The minimum Gasteiger partial charge on any atom is -0.307 e.